The van der Waals surface area contributed by atoms with E-state index in [1.807, 2.05) is 4.68 Å². The summed E-state index contributed by atoms with van der Waals surface area (Å²) >= 11 is 0. The molecule has 3 heterocycles. The first-order chi connectivity index (χ1) is 10.9. The molecule has 2 aromatic rings. The van der Waals surface area contributed by atoms with Crippen molar-refractivity contribution in [2.45, 2.75) is 38.5 Å². The van der Waals surface area contributed by atoms with Crippen molar-refractivity contribution < 1.29 is 0 Å². The van der Waals surface area contributed by atoms with Crippen molar-refractivity contribution in [2.75, 3.05) is 29.9 Å². The maximum atomic E-state index is 4.76. The molecule has 1 N–H and O–H groups in total. The first kappa shape index (κ1) is 13.7. The van der Waals surface area contributed by atoms with Crippen molar-refractivity contribution in [3.05, 3.63) is 36.2 Å². The Morgan fingerprint density at radius 1 is 0.864 bits per heavy atom. The standard InChI is InChI=1S/C18H24N4/c1-4-12-21(13-5-1)15-7-9-16(10-8-15)22-14-18-17(20-22)6-2-3-11-19-18/h7-10,14,19H,1-6,11-13H2. The molecular formula is C18H24N4. The van der Waals surface area contributed by atoms with E-state index in [2.05, 4.69) is 40.7 Å². The van der Waals surface area contributed by atoms with Gasteiger partial charge in [-0.3, -0.25) is 0 Å². The Morgan fingerprint density at radius 2 is 1.64 bits per heavy atom. The largest absolute Gasteiger partial charge is 0.382 e. The van der Waals surface area contributed by atoms with E-state index in [4.69, 9.17) is 5.10 Å². The minimum absolute atomic E-state index is 1.06. The lowest BCUT2D eigenvalue weighted by Gasteiger charge is -2.28. The fourth-order valence-electron chi connectivity index (χ4n) is 3.48. The number of anilines is 2. The Labute approximate surface area is 132 Å². The Balaban J connectivity index is 1.55. The molecule has 4 heteroatoms. The molecule has 0 amide bonds. The van der Waals surface area contributed by atoms with Crippen LogP contribution >= 0.6 is 0 Å². The molecule has 0 saturated carbocycles. The van der Waals surface area contributed by atoms with Gasteiger partial charge in [0.1, 0.15) is 0 Å². The van der Waals surface area contributed by atoms with Crippen LogP contribution in [0, 0.1) is 0 Å². The number of nitrogens with one attached hydrogen (secondary N) is 1. The van der Waals surface area contributed by atoms with Crippen molar-refractivity contribution in [3.63, 3.8) is 0 Å². The topological polar surface area (TPSA) is 33.1 Å². The van der Waals surface area contributed by atoms with Crippen molar-refractivity contribution in [1.82, 2.24) is 9.78 Å². The summed E-state index contributed by atoms with van der Waals surface area (Å²) in [5.41, 5.74) is 4.90. The molecule has 0 radical (unpaired) electrons. The van der Waals surface area contributed by atoms with Crippen molar-refractivity contribution in [3.8, 4) is 5.69 Å². The van der Waals surface area contributed by atoms with Crippen LogP contribution in [0.3, 0.4) is 0 Å². The van der Waals surface area contributed by atoms with Crippen LogP contribution in [-0.4, -0.2) is 29.4 Å². The lowest BCUT2D eigenvalue weighted by molar-refractivity contribution is 0.578. The number of aryl methyl sites for hydroxylation is 1. The highest BCUT2D eigenvalue weighted by molar-refractivity contribution is 5.53. The van der Waals surface area contributed by atoms with Crippen LogP contribution in [0.4, 0.5) is 11.4 Å². The minimum Gasteiger partial charge on any atom is -0.382 e. The van der Waals surface area contributed by atoms with Crippen LogP contribution in [0.2, 0.25) is 0 Å². The fourth-order valence-corrected chi connectivity index (χ4v) is 3.48. The van der Waals surface area contributed by atoms with Gasteiger partial charge >= 0.3 is 0 Å². The van der Waals surface area contributed by atoms with Gasteiger partial charge in [0.25, 0.3) is 0 Å². The summed E-state index contributed by atoms with van der Waals surface area (Å²) in [5.74, 6) is 0. The summed E-state index contributed by atoms with van der Waals surface area (Å²) in [4.78, 5) is 2.49. The van der Waals surface area contributed by atoms with Gasteiger partial charge in [0.15, 0.2) is 0 Å². The molecule has 4 rings (SSSR count). The van der Waals surface area contributed by atoms with Gasteiger partial charge in [-0.15, -0.1) is 0 Å². The van der Waals surface area contributed by atoms with E-state index in [-0.39, 0.29) is 0 Å². The summed E-state index contributed by atoms with van der Waals surface area (Å²) < 4.78 is 2.02. The third kappa shape index (κ3) is 2.70. The molecule has 0 aliphatic carbocycles. The number of benzene rings is 1. The van der Waals surface area contributed by atoms with Gasteiger partial charge in [-0.2, -0.15) is 5.10 Å². The number of aromatic nitrogens is 2. The zero-order chi connectivity index (χ0) is 14.8. The Kier molecular flexibility index (Phi) is 3.75. The molecule has 116 valence electrons. The van der Waals surface area contributed by atoms with Gasteiger partial charge in [-0.05, 0) is 62.8 Å². The van der Waals surface area contributed by atoms with Gasteiger partial charge in [0, 0.05) is 25.3 Å². The minimum atomic E-state index is 1.06. The molecule has 1 aromatic carbocycles. The molecule has 4 nitrogen and oxygen atoms in total. The van der Waals surface area contributed by atoms with Gasteiger partial charge in [-0.25, -0.2) is 4.68 Å². The van der Waals surface area contributed by atoms with E-state index in [1.54, 1.807) is 0 Å². The van der Waals surface area contributed by atoms with E-state index in [1.165, 1.54) is 62.3 Å². The Bertz CT molecular complexity index is 600. The zero-order valence-corrected chi connectivity index (χ0v) is 13.1. The first-order valence-electron chi connectivity index (χ1n) is 8.58. The summed E-state index contributed by atoms with van der Waals surface area (Å²) in [6.07, 6.45) is 9.70. The number of hydrogen-bond donors (Lipinski definition) is 1. The van der Waals surface area contributed by atoms with Crippen molar-refractivity contribution >= 4 is 11.4 Å². The Morgan fingerprint density at radius 3 is 2.45 bits per heavy atom. The maximum Gasteiger partial charge on any atom is 0.0860 e. The summed E-state index contributed by atoms with van der Waals surface area (Å²) in [5, 5.41) is 8.25. The number of hydrogen-bond acceptors (Lipinski definition) is 3. The third-order valence-electron chi connectivity index (χ3n) is 4.78. The first-order valence-corrected chi connectivity index (χ1v) is 8.58. The molecule has 0 bridgehead atoms. The summed E-state index contributed by atoms with van der Waals surface area (Å²) in [6, 6.07) is 8.86. The van der Waals surface area contributed by atoms with E-state index >= 15 is 0 Å². The lowest BCUT2D eigenvalue weighted by atomic mass is 10.1. The second-order valence-electron chi connectivity index (χ2n) is 6.38. The summed E-state index contributed by atoms with van der Waals surface area (Å²) in [6.45, 7) is 3.45. The molecule has 1 fully saturated rings. The fraction of sp³-hybridized carbons (Fsp3) is 0.500. The van der Waals surface area contributed by atoms with Crippen LogP contribution < -0.4 is 10.2 Å². The van der Waals surface area contributed by atoms with E-state index < -0.39 is 0 Å². The number of fused-ring (bicyclic) bond motifs is 1. The van der Waals surface area contributed by atoms with E-state index in [0.29, 0.717) is 0 Å². The van der Waals surface area contributed by atoms with Crippen LogP contribution in [0.15, 0.2) is 30.5 Å². The van der Waals surface area contributed by atoms with Crippen molar-refractivity contribution in [2.24, 2.45) is 0 Å². The molecular weight excluding hydrogens is 272 g/mol. The zero-order valence-electron chi connectivity index (χ0n) is 13.1. The lowest BCUT2D eigenvalue weighted by Crippen LogP contribution is -2.29. The van der Waals surface area contributed by atoms with Gasteiger partial charge in [0.05, 0.1) is 23.3 Å². The molecule has 0 spiro atoms. The van der Waals surface area contributed by atoms with Crippen LogP contribution in [0.25, 0.3) is 5.69 Å². The SMILES string of the molecule is c1cc(-n2cc3c(n2)CCCCN3)ccc1N1CCCCC1. The second-order valence-corrected chi connectivity index (χ2v) is 6.38. The predicted molar refractivity (Wildman–Crippen MR) is 91.1 cm³/mol. The van der Waals surface area contributed by atoms with Gasteiger partial charge < -0.3 is 10.2 Å². The smallest absolute Gasteiger partial charge is 0.0860 e. The van der Waals surface area contributed by atoms with Gasteiger partial charge in [0.2, 0.25) is 0 Å². The maximum absolute atomic E-state index is 4.76. The third-order valence-corrected chi connectivity index (χ3v) is 4.78. The van der Waals surface area contributed by atoms with Crippen LogP contribution in [-0.2, 0) is 6.42 Å². The number of rotatable bonds is 2. The average Bonchev–Trinajstić information content (AvgIpc) is 2.87. The van der Waals surface area contributed by atoms with E-state index in [0.717, 1.165) is 18.7 Å². The average molecular weight is 296 g/mol. The molecule has 0 atom stereocenters. The van der Waals surface area contributed by atoms with Crippen LogP contribution in [0.1, 0.15) is 37.8 Å². The highest BCUT2D eigenvalue weighted by Gasteiger charge is 2.14. The molecule has 2 aliphatic heterocycles. The molecule has 2 aliphatic rings. The monoisotopic (exact) mass is 296 g/mol. The van der Waals surface area contributed by atoms with E-state index in [9.17, 15) is 0 Å². The highest BCUT2D eigenvalue weighted by atomic mass is 15.3. The second kappa shape index (κ2) is 6.03. The van der Waals surface area contributed by atoms with Crippen LogP contribution in [0.5, 0.6) is 0 Å². The Hall–Kier alpha value is -1.97. The molecule has 1 aromatic heterocycles. The normalized spacial score (nSPS) is 18.5. The van der Waals surface area contributed by atoms with Gasteiger partial charge in [-0.1, -0.05) is 0 Å². The summed E-state index contributed by atoms with van der Waals surface area (Å²) in [7, 11) is 0. The molecule has 0 unspecified atom stereocenters. The van der Waals surface area contributed by atoms with Crippen molar-refractivity contribution in [1.29, 1.82) is 0 Å². The molecule has 1 saturated heterocycles. The quantitative estimate of drug-likeness (QED) is 0.919. The number of nitrogens with zero attached hydrogens (tertiary/aromatic N) is 3. The molecule has 22 heavy (non-hydrogen) atoms. The number of piperidine rings is 1. The predicted octanol–water partition coefficient (Wildman–Crippen LogP) is 3.61. The highest BCUT2D eigenvalue weighted by Crippen LogP contribution is 2.24.